The Bertz CT molecular complexity index is 618. The fourth-order valence-electron chi connectivity index (χ4n) is 6.94. The van der Waals surface area contributed by atoms with Gasteiger partial charge in [0.15, 0.2) is 0 Å². The molecule has 2 fully saturated rings. The molecule has 0 bridgehead atoms. The molecule has 6 nitrogen and oxygen atoms in total. The SMILES string of the molecule is CCN(CN(C)C1C(C)C(C)(C)N([O])C(C)(C)C1C)C1C(C)C(C)(C)N([O])C(C)(C)C1C. The van der Waals surface area contributed by atoms with Gasteiger partial charge in [-0.05, 0) is 92.7 Å². The third-order valence-electron chi connectivity index (χ3n) is 10.3. The minimum Gasteiger partial charge on any atom is -0.290 e. The van der Waals surface area contributed by atoms with Gasteiger partial charge < -0.3 is 0 Å². The Balaban J connectivity index is 2.37. The second kappa shape index (κ2) is 8.76. The Morgan fingerprint density at radius 1 is 0.625 bits per heavy atom. The average molecular weight is 453 g/mol. The summed E-state index contributed by atoms with van der Waals surface area (Å²) in [4.78, 5) is 5.06. The summed E-state index contributed by atoms with van der Waals surface area (Å²) in [6, 6.07) is 0.606. The van der Waals surface area contributed by atoms with Crippen LogP contribution in [0, 0.1) is 23.7 Å². The normalized spacial score (nSPS) is 39.6. The van der Waals surface area contributed by atoms with E-state index in [0.29, 0.717) is 12.1 Å². The molecule has 32 heavy (non-hydrogen) atoms. The summed E-state index contributed by atoms with van der Waals surface area (Å²) in [7, 11) is 2.22. The second-order valence-corrected chi connectivity index (χ2v) is 13.1. The molecule has 0 aromatic carbocycles. The van der Waals surface area contributed by atoms with Crippen LogP contribution in [0.5, 0.6) is 0 Å². The topological polar surface area (TPSA) is 52.8 Å². The fraction of sp³-hybridized carbons (Fsp3) is 1.00. The van der Waals surface area contributed by atoms with Gasteiger partial charge in [0.1, 0.15) is 0 Å². The predicted molar refractivity (Wildman–Crippen MR) is 131 cm³/mol. The molecule has 2 heterocycles. The lowest BCUT2D eigenvalue weighted by molar-refractivity contribution is -0.328. The van der Waals surface area contributed by atoms with Crippen molar-refractivity contribution in [2.24, 2.45) is 23.7 Å². The van der Waals surface area contributed by atoms with E-state index in [4.69, 9.17) is 0 Å². The highest BCUT2D eigenvalue weighted by molar-refractivity contribution is 5.09. The minimum absolute atomic E-state index is 0.234. The Hall–Kier alpha value is -0.240. The molecule has 0 amide bonds. The van der Waals surface area contributed by atoms with Crippen molar-refractivity contribution in [2.45, 2.75) is 124 Å². The summed E-state index contributed by atoms with van der Waals surface area (Å²) in [5, 5.41) is 29.1. The van der Waals surface area contributed by atoms with Crippen LogP contribution in [-0.4, -0.2) is 74.4 Å². The molecule has 2 rings (SSSR count). The van der Waals surface area contributed by atoms with Gasteiger partial charge in [0, 0.05) is 34.2 Å². The zero-order valence-corrected chi connectivity index (χ0v) is 23.5. The van der Waals surface area contributed by atoms with Gasteiger partial charge in [-0.25, -0.2) is 0 Å². The summed E-state index contributed by atoms with van der Waals surface area (Å²) >= 11 is 0. The lowest BCUT2D eigenvalue weighted by Gasteiger charge is -2.61. The fourth-order valence-corrected chi connectivity index (χ4v) is 6.94. The third-order valence-corrected chi connectivity index (χ3v) is 10.3. The largest absolute Gasteiger partial charge is 0.290 e. The van der Waals surface area contributed by atoms with Crippen LogP contribution >= 0.6 is 0 Å². The van der Waals surface area contributed by atoms with Crippen molar-refractivity contribution in [2.75, 3.05) is 20.3 Å². The van der Waals surface area contributed by atoms with E-state index in [1.165, 1.54) is 10.1 Å². The second-order valence-electron chi connectivity index (χ2n) is 13.1. The molecule has 2 aliphatic rings. The average Bonchev–Trinajstić information content (AvgIpc) is 2.69. The van der Waals surface area contributed by atoms with Crippen LogP contribution in [0.15, 0.2) is 0 Å². The van der Waals surface area contributed by atoms with E-state index in [-0.39, 0.29) is 23.7 Å². The number of rotatable bonds is 5. The number of hydrogen-bond acceptors (Lipinski definition) is 4. The van der Waals surface area contributed by atoms with Gasteiger partial charge in [-0.15, -0.1) is 20.5 Å². The summed E-state index contributed by atoms with van der Waals surface area (Å²) in [6.07, 6.45) is 0. The van der Waals surface area contributed by atoms with Crippen molar-refractivity contribution in [3.63, 3.8) is 0 Å². The van der Waals surface area contributed by atoms with E-state index in [1.807, 2.05) is 0 Å². The number of nitrogens with zero attached hydrogens (tertiary/aromatic N) is 4. The highest BCUT2D eigenvalue weighted by Gasteiger charge is 2.58. The van der Waals surface area contributed by atoms with Gasteiger partial charge in [0.2, 0.25) is 0 Å². The molecule has 4 unspecified atom stereocenters. The summed E-state index contributed by atoms with van der Waals surface area (Å²) < 4.78 is 0. The summed E-state index contributed by atoms with van der Waals surface area (Å²) in [5.41, 5.74) is -1.70. The third kappa shape index (κ3) is 4.07. The number of hydroxylamine groups is 4. The minimum atomic E-state index is -0.426. The zero-order chi connectivity index (χ0) is 25.2. The van der Waals surface area contributed by atoms with Gasteiger partial charge in [0.25, 0.3) is 0 Å². The van der Waals surface area contributed by atoms with Gasteiger partial charge in [-0.2, -0.15) is 0 Å². The molecule has 0 N–H and O–H groups in total. The van der Waals surface area contributed by atoms with Crippen LogP contribution in [0.4, 0.5) is 0 Å². The van der Waals surface area contributed by atoms with Crippen LogP contribution in [0.3, 0.4) is 0 Å². The number of hydrogen-bond donors (Lipinski definition) is 0. The van der Waals surface area contributed by atoms with Crippen molar-refractivity contribution in [1.29, 1.82) is 0 Å². The molecule has 0 aromatic rings. The molecule has 0 spiro atoms. The maximum absolute atomic E-state index is 13.2. The zero-order valence-electron chi connectivity index (χ0n) is 23.5. The molecule has 0 saturated carbocycles. The maximum atomic E-state index is 13.2. The Morgan fingerprint density at radius 3 is 1.19 bits per heavy atom. The van der Waals surface area contributed by atoms with Crippen molar-refractivity contribution < 1.29 is 10.4 Å². The molecule has 4 atom stereocenters. The van der Waals surface area contributed by atoms with Crippen molar-refractivity contribution >= 4 is 0 Å². The maximum Gasteiger partial charge on any atom is 0.0509 e. The molecule has 0 aliphatic carbocycles. The molecule has 2 radical (unpaired) electrons. The highest BCUT2D eigenvalue weighted by atomic mass is 16.5. The van der Waals surface area contributed by atoms with Crippen LogP contribution < -0.4 is 0 Å². The molecule has 6 heteroatoms. The van der Waals surface area contributed by atoms with E-state index in [1.54, 1.807) is 0 Å². The van der Waals surface area contributed by atoms with Gasteiger partial charge in [0.05, 0.1) is 6.67 Å². The van der Waals surface area contributed by atoms with Crippen molar-refractivity contribution in [3.05, 3.63) is 0 Å². The smallest absolute Gasteiger partial charge is 0.0509 e. The van der Waals surface area contributed by atoms with Gasteiger partial charge in [-0.1, -0.05) is 34.6 Å². The molecular formula is C26H52N4O2. The Kier molecular flexibility index (Phi) is 7.67. The lowest BCUT2D eigenvalue weighted by Crippen LogP contribution is -2.73. The summed E-state index contributed by atoms with van der Waals surface area (Å²) in [5.74, 6) is 0.945. The van der Waals surface area contributed by atoms with Crippen molar-refractivity contribution in [1.82, 2.24) is 19.9 Å². The first kappa shape index (κ1) is 28.0. The van der Waals surface area contributed by atoms with Crippen LogP contribution in [0.25, 0.3) is 0 Å². The number of piperidine rings is 2. The molecular weight excluding hydrogens is 400 g/mol. The Morgan fingerprint density at radius 2 is 0.906 bits per heavy atom. The first-order valence-corrected chi connectivity index (χ1v) is 12.7. The molecule has 0 aromatic heterocycles. The van der Waals surface area contributed by atoms with E-state index in [0.717, 1.165) is 13.2 Å². The highest BCUT2D eigenvalue weighted by Crippen LogP contribution is 2.48. The molecule has 188 valence electrons. The summed E-state index contributed by atoms with van der Waals surface area (Å²) in [6.45, 7) is 29.7. The van der Waals surface area contributed by atoms with Crippen LogP contribution in [0.1, 0.15) is 90.0 Å². The van der Waals surface area contributed by atoms with E-state index >= 15 is 0 Å². The standard InChI is InChI=1S/C26H52N4O2/c1-15-28(22-19(4)25(10,11)30(32)26(12,13)20(22)5)16-27(14)21-17(2)23(6,7)29(31)24(8,9)18(21)3/h17-22H,15-16H2,1-14H3. The molecule has 2 saturated heterocycles. The quantitative estimate of drug-likeness (QED) is 0.556. The lowest BCUT2D eigenvalue weighted by atomic mass is 9.65. The van der Waals surface area contributed by atoms with Gasteiger partial charge in [-0.3, -0.25) is 9.80 Å². The molecule has 2 aliphatic heterocycles. The predicted octanol–water partition coefficient (Wildman–Crippen LogP) is 4.92. The van der Waals surface area contributed by atoms with Crippen LogP contribution in [0.2, 0.25) is 0 Å². The van der Waals surface area contributed by atoms with E-state index < -0.39 is 22.2 Å². The van der Waals surface area contributed by atoms with E-state index in [9.17, 15) is 10.4 Å². The Labute approximate surface area is 198 Å². The monoisotopic (exact) mass is 452 g/mol. The van der Waals surface area contributed by atoms with E-state index in [2.05, 4.69) is 107 Å². The van der Waals surface area contributed by atoms with Gasteiger partial charge >= 0.3 is 0 Å². The first-order chi connectivity index (χ1) is 14.3. The van der Waals surface area contributed by atoms with Crippen molar-refractivity contribution in [3.8, 4) is 0 Å². The van der Waals surface area contributed by atoms with Crippen LogP contribution in [-0.2, 0) is 10.4 Å². The first-order valence-electron chi connectivity index (χ1n) is 12.7.